The molecule has 0 spiro atoms. The first-order chi connectivity index (χ1) is 12.2. The van der Waals surface area contributed by atoms with Crippen molar-refractivity contribution in [3.8, 4) is 11.5 Å². The number of rotatable bonds is 4. The number of hydrogen-bond acceptors (Lipinski definition) is 5. The second-order valence-electron chi connectivity index (χ2n) is 7.23. The molecule has 0 fully saturated rings. The second-order valence-corrected chi connectivity index (χ2v) is 8.17. The summed E-state index contributed by atoms with van der Waals surface area (Å²) >= 11 is 1.62. The van der Waals surface area contributed by atoms with Gasteiger partial charge in [0.05, 0.1) is 11.2 Å². The molecule has 2 N–H and O–H groups in total. The maximum atomic E-state index is 12.8. The van der Waals surface area contributed by atoms with Crippen LogP contribution in [0.15, 0.2) is 5.51 Å². The summed E-state index contributed by atoms with van der Waals surface area (Å²) in [6, 6.07) is 0. The van der Waals surface area contributed by atoms with E-state index >= 15 is 0 Å². The quantitative estimate of drug-likeness (QED) is 0.859. The van der Waals surface area contributed by atoms with Crippen LogP contribution in [0.3, 0.4) is 0 Å². The standard InChI is InChI=1S/C20H26N2O3S/c1-11-12(2)18-15(13(3)17(11)23)6-8-20(5,25-18)19(24)21-9-7-16-14(4)22-10-26-16/h10,23H,6-9H2,1-5H3,(H,21,24)/t20-/m1/s1. The van der Waals surface area contributed by atoms with Gasteiger partial charge in [0.25, 0.3) is 5.91 Å². The Bertz CT molecular complexity index is 859. The molecule has 1 aliphatic heterocycles. The van der Waals surface area contributed by atoms with Crippen LogP contribution in [0.5, 0.6) is 11.5 Å². The van der Waals surface area contributed by atoms with Crippen molar-refractivity contribution in [3.63, 3.8) is 0 Å². The minimum Gasteiger partial charge on any atom is -0.507 e. The molecule has 0 aliphatic carbocycles. The number of phenolic OH excluding ortho intramolecular Hbond substituents is 1. The van der Waals surface area contributed by atoms with Gasteiger partial charge in [0.1, 0.15) is 11.5 Å². The fourth-order valence-corrected chi connectivity index (χ4v) is 4.23. The number of aromatic nitrogens is 1. The minimum atomic E-state index is -0.893. The molecule has 2 heterocycles. The third-order valence-corrected chi connectivity index (χ3v) is 6.48. The van der Waals surface area contributed by atoms with E-state index in [1.54, 1.807) is 11.3 Å². The molecule has 1 aromatic carbocycles. The lowest BCUT2D eigenvalue weighted by Gasteiger charge is -2.36. The highest BCUT2D eigenvalue weighted by molar-refractivity contribution is 7.09. The average Bonchev–Trinajstić information content (AvgIpc) is 3.03. The maximum absolute atomic E-state index is 12.8. The van der Waals surface area contributed by atoms with E-state index < -0.39 is 5.60 Å². The van der Waals surface area contributed by atoms with Crippen molar-refractivity contribution in [2.24, 2.45) is 0 Å². The lowest BCUT2D eigenvalue weighted by molar-refractivity contribution is -0.136. The van der Waals surface area contributed by atoms with Gasteiger partial charge in [-0.2, -0.15) is 0 Å². The Kier molecular flexibility index (Phi) is 4.97. The molecule has 1 aliphatic rings. The zero-order valence-corrected chi connectivity index (χ0v) is 16.8. The van der Waals surface area contributed by atoms with Crippen LogP contribution in [0, 0.1) is 27.7 Å². The molecular weight excluding hydrogens is 348 g/mol. The Morgan fingerprint density at radius 3 is 2.69 bits per heavy atom. The lowest BCUT2D eigenvalue weighted by atomic mass is 9.86. The molecule has 1 amide bonds. The first-order valence-electron chi connectivity index (χ1n) is 8.92. The van der Waals surface area contributed by atoms with Crippen molar-refractivity contribution in [2.75, 3.05) is 6.54 Å². The van der Waals surface area contributed by atoms with Gasteiger partial charge in [-0.25, -0.2) is 4.98 Å². The number of aromatic hydroxyl groups is 1. The summed E-state index contributed by atoms with van der Waals surface area (Å²) in [7, 11) is 0. The molecule has 26 heavy (non-hydrogen) atoms. The smallest absolute Gasteiger partial charge is 0.263 e. The first-order valence-corrected chi connectivity index (χ1v) is 9.80. The number of hydrogen-bond donors (Lipinski definition) is 2. The van der Waals surface area contributed by atoms with Gasteiger partial charge in [-0.3, -0.25) is 4.79 Å². The minimum absolute atomic E-state index is 0.0897. The van der Waals surface area contributed by atoms with Crippen molar-refractivity contribution in [3.05, 3.63) is 38.3 Å². The fraction of sp³-hybridized carbons (Fsp3) is 0.500. The highest BCUT2D eigenvalue weighted by Crippen LogP contribution is 2.43. The number of ether oxygens (including phenoxy) is 1. The first kappa shape index (κ1) is 18.7. The van der Waals surface area contributed by atoms with Crippen molar-refractivity contribution >= 4 is 17.2 Å². The number of carbonyl (C=O) groups is 1. The molecule has 0 radical (unpaired) electrons. The molecule has 0 saturated carbocycles. The summed E-state index contributed by atoms with van der Waals surface area (Å²) in [6.07, 6.45) is 2.09. The second kappa shape index (κ2) is 6.91. The Balaban J connectivity index is 1.73. The number of phenols is 1. The molecular formula is C20H26N2O3S. The topological polar surface area (TPSA) is 71.5 Å². The van der Waals surface area contributed by atoms with Gasteiger partial charge >= 0.3 is 0 Å². The van der Waals surface area contributed by atoms with Crippen molar-refractivity contribution in [1.82, 2.24) is 10.3 Å². The van der Waals surface area contributed by atoms with Crippen LogP contribution < -0.4 is 10.1 Å². The van der Waals surface area contributed by atoms with Gasteiger partial charge in [-0.15, -0.1) is 11.3 Å². The Labute approximate surface area is 158 Å². The van der Waals surface area contributed by atoms with E-state index in [4.69, 9.17) is 4.74 Å². The van der Waals surface area contributed by atoms with Crippen molar-refractivity contribution < 1.29 is 14.6 Å². The van der Waals surface area contributed by atoms with Gasteiger partial charge in [0.2, 0.25) is 0 Å². The fourth-order valence-electron chi connectivity index (χ4n) is 3.45. The lowest BCUT2D eigenvalue weighted by Crippen LogP contribution is -2.51. The van der Waals surface area contributed by atoms with Gasteiger partial charge in [-0.05, 0) is 57.7 Å². The SMILES string of the molecule is Cc1ncsc1CCNC(=O)[C@@]1(C)CCc2c(C)c(O)c(C)c(C)c2O1. The van der Waals surface area contributed by atoms with Crippen molar-refractivity contribution in [2.45, 2.75) is 59.5 Å². The highest BCUT2D eigenvalue weighted by atomic mass is 32.1. The zero-order valence-electron chi connectivity index (χ0n) is 16.0. The number of fused-ring (bicyclic) bond motifs is 1. The third kappa shape index (κ3) is 3.18. The van der Waals surface area contributed by atoms with Crippen molar-refractivity contribution in [1.29, 1.82) is 0 Å². The number of benzene rings is 1. The summed E-state index contributed by atoms with van der Waals surface area (Å²) in [5, 5.41) is 13.3. The molecule has 3 rings (SSSR count). The van der Waals surface area contributed by atoms with Crippen LogP contribution >= 0.6 is 11.3 Å². The van der Waals surface area contributed by atoms with Gasteiger partial charge in [-0.1, -0.05) is 0 Å². The van der Waals surface area contributed by atoms with Crippen LogP contribution in [0.4, 0.5) is 0 Å². The van der Waals surface area contributed by atoms with E-state index in [9.17, 15) is 9.90 Å². The molecule has 1 atom stereocenters. The van der Waals surface area contributed by atoms with Crippen LogP contribution in [0.25, 0.3) is 0 Å². The molecule has 5 nitrogen and oxygen atoms in total. The van der Waals surface area contributed by atoms with Gasteiger partial charge in [0, 0.05) is 29.8 Å². The number of nitrogens with one attached hydrogen (secondary N) is 1. The average molecular weight is 375 g/mol. The van der Waals surface area contributed by atoms with E-state index in [0.717, 1.165) is 40.1 Å². The van der Waals surface area contributed by atoms with E-state index in [-0.39, 0.29) is 5.91 Å². The van der Waals surface area contributed by atoms with Gasteiger partial charge in [0.15, 0.2) is 5.60 Å². The van der Waals surface area contributed by atoms with Crippen LogP contribution in [0.2, 0.25) is 0 Å². The summed E-state index contributed by atoms with van der Waals surface area (Å²) < 4.78 is 6.21. The molecule has 0 bridgehead atoms. The Morgan fingerprint density at radius 2 is 2.04 bits per heavy atom. The number of carbonyl (C=O) groups excluding carboxylic acids is 1. The number of aryl methyl sites for hydroxylation is 1. The molecule has 0 saturated heterocycles. The summed E-state index contributed by atoms with van der Waals surface area (Å²) in [5.41, 5.74) is 5.55. The third-order valence-electron chi connectivity index (χ3n) is 5.48. The van der Waals surface area contributed by atoms with Crippen LogP contribution in [-0.2, 0) is 17.6 Å². The summed E-state index contributed by atoms with van der Waals surface area (Å²) in [6.45, 7) is 10.1. The monoisotopic (exact) mass is 374 g/mol. The van der Waals surface area contributed by atoms with E-state index in [0.29, 0.717) is 25.1 Å². The number of thiazole rings is 1. The number of nitrogens with zero attached hydrogens (tertiary/aromatic N) is 1. The van der Waals surface area contributed by atoms with Crippen LogP contribution in [0.1, 0.15) is 46.2 Å². The summed E-state index contributed by atoms with van der Waals surface area (Å²) in [5.74, 6) is 0.992. The normalized spacial score (nSPS) is 19.0. The molecule has 0 unspecified atom stereocenters. The molecule has 2 aromatic rings. The predicted octanol–water partition coefficient (Wildman–Crippen LogP) is 3.52. The highest BCUT2D eigenvalue weighted by Gasteiger charge is 2.40. The Morgan fingerprint density at radius 1 is 1.31 bits per heavy atom. The number of amides is 1. The maximum Gasteiger partial charge on any atom is 0.263 e. The summed E-state index contributed by atoms with van der Waals surface area (Å²) in [4.78, 5) is 18.2. The predicted molar refractivity (Wildman–Crippen MR) is 103 cm³/mol. The van der Waals surface area contributed by atoms with Crippen LogP contribution in [-0.4, -0.2) is 28.1 Å². The van der Waals surface area contributed by atoms with E-state index in [2.05, 4.69) is 10.3 Å². The molecule has 1 aromatic heterocycles. The largest absolute Gasteiger partial charge is 0.507 e. The zero-order chi connectivity index (χ0) is 19.1. The molecule has 140 valence electrons. The van der Waals surface area contributed by atoms with Gasteiger partial charge < -0.3 is 15.2 Å². The molecule has 6 heteroatoms. The van der Waals surface area contributed by atoms with E-state index in [1.807, 2.05) is 40.1 Å². The van der Waals surface area contributed by atoms with E-state index in [1.165, 1.54) is 4.88 Å². The Hall–Kier alpha value is -2.08.